The summed E-state index contributed by atoms with van der Waals surface area (Å²) >= 11 is 0. The molecule has 5 nitrogen and oxygen atoms in total. The van der Waals surface area contributed by atoms with Gasteiger partial charge in [-0.15, -0.1) is 0 Å². The zero-order chi connectivity index (χ0) is 18.7. The first-order chi connectivity index (χ1) is 12.0. The summed E-state index contributed by atoms with van der Waals surface area (Å²) in [6.07, 6.45) is 0.132. The van der Waals surface area contributed by atoms with Gasteiger partial charge in [0.05, 0.1) is 13.2 Å². The van der Waals surface area contributed by atoms with Crippen molar-refractivity contribution in [1.29, 1.82) is 0 Å². The Morgan fingerprint density at radius 2 is 1.92 bits per heavy atom. The van der Waals surface area contributed by atoms with Crippen molar-refractivity contribution < 1.29 is 23.8 Å². The van der Waals surface area contributed by atoms with Gasteiger partial charge in [-0.2, -0.15) is 0 Å². The van der Waals surface area contributed by atoms with Crippen LogP contribution in [0.1, 0.15) is 19.4 Å². The van der Waals surface area contributed by atoms with Gasteiger partial charge in [-0.05, 0) is 37.6 Å². The lowest BCUT2D eigenvalue weighted by atomic mass is 10.1. The molecule has 0 heterocycles. The molecule has 0 saturated heterocycles. The van der Waals surface area contributed by atoms with Gasteiger partial charge in [-0.25, -0.2) is 4.39 Å². The van der Waals surface area contributed by atoms with E-state index in [1.54, 1.807) is 37.3 Å². The highest BCUT2D eigenvalue weighted by molar-refractivity contribution is 5.71. The lowest BCUT2D eigenvalue weighted by Crippen LogP contribution is -2.23. The Labute approximate surface area is 147 Å². The number of hydrogen-bond acceptors (Lipinski definition) is 5. The molecule has 2 rings (SSSR count). The Bertz CT molecular complexity index is 649. The molecule has 0 spiro atoms. The second kappa shape index (κ2) is 11.0. The normalized spacial score (nSPS) is 11.0. The SMILES string of the molecule is CCOc1cc(F)ccc1CC(C)OC(=O)CN.Oc1ccccc1. The summed E-state index contributed by atoms with van der Waals surface area (Å²) in [5, 5.41) is 8.63. The van der Waals surface area contributed by atoms with Crippen LogP contribution in [0.2, 0.25) is 0 Å². The van der Waals surface area contributed by atoms with Gasteiger partial charge in [0.15, 0.2) is 0 Å². The summed E-state index contributed by atoms with van der Waals surface area (Å²) in [7, 11) is 0. The molecule has 3 N–H and O–H groups in total. The molecule has 2 aromatic carbocycles. The molecule has 0 radical (unpaired) electrons. The number of nitrogens with two attached hydrogens (primary N) is 1. The zero-order valence-electron chi connectivity index (χ0n) is 14.4. The van der Waals surface area contributed by atoms with Gasteiger partial charge < -0.3 is 20.3 Å². The molecule has 2 aromatic rings. The Balaban J connectivity index is 0.000000370. The largest absolute Gasteiger partial charge is 0.508 e. The quantitative estimate of drug-likeness (QED) is 0.784. The standard InChI is InChI=1S/C13H18FNO3.C6H6O/c1-3-17-12-7-11(14)5-4-10(12)6-9(2)18-13(16)8-15;7-6-4-2-1-3-5-6/h4-5,7,9H,3,6,8,15H2,1-2H3;1-5,7H. The maximum Gasteiger partial charge on any atom is 0.319 e. The van der Waals surface area contributed by atoms with Gasteiger partial charge in [-0.1, -0.05) is 24.3 Å². The number of ether oxygens (including phenoxy) is 2. The summed E-state index contributed by atoms with van der Waals surface area (Å²) < 4.78 is 23.5. The second-order valence-electron chi connectivity index (χ2n) is 5.23. The van der Waals surface area contributed by atoms with Crippen LogP contribution >= 0.6 is 0 Å². The maximum atomic E-state index is 13.1. The Hall–Kier alpha value is -2.60. The van der Waals surface area contributed by atoms with Crippen molar-refractivity contribution in [3.8, 4) is 11.5 Å². The van der Waals surface area contributed by atoms with E-state index in [0.717, 1.165) is 5.56 Å². The lowest BCUT2D eigenvalue weighted by Gasteiger charge is -2.15. The molecule has 0 amide bonds. The molecular formula is C19H24FNO4. The van der Waals surface area contributed by atoms with Crippen LogP contribution in [0.25, 0.3) is 0 Å². The van der Waals surface area contributed by atoms with Gasteiger partial charge in [0, 0.05) is 12.5 Å². The molecular weight excluding hydrogens is 325 g/mol. The Morgan fingerprint density at radius 1 is 1.24 bits per heavy atom. The van der Waals surface area contributed by atoms with Gasteiger partial charge in [0.1, 0.15) is 23.4 Å². The fraction of sp³-hybridized carbons (Fsp3) is 0.316. The van der Waals surface area contributed by atoms with Crippen molar-refractivity contribution in [2.45, 2.75) is 26.4 Å². The average Bonchev–Trinajstić information content (AvgIpc) is 2.58. The summed E-state index contributed by atoms with van der Waals surface area (Å²) in [4.78, 5) is 11.0. The molecule has 0 aliphatic carbocycles. The van der Waals surface area contributed by atoms with E-state index in [2.05, 4.69) is 0 Å². The number of rotatable bonds is 6. The minimum atomic E-state index is -0.456. The third-order valence-electron chi connectivity index (χ3n) is 3.09. The monoisotopic (exact) mass is 349 g/mol. The van der Waals surface area contributed by atoms with Crippen LogP contribution in [0.4, 0.5) is 4.39 Å². The zero-order valence-corrected chi connectivity index (χ0v) is 14.4. The summed E-state index contributed by atoms with van der Waals surface area (Å²) in [5.74, 6) is -0.00738. The third-order valence-corrected chi connectivity index (χ3v) is 3.09. The van der Waals surface area contributed by atoms with E-state index in [0.29, 0.717) is 24.5 Å². The second-order valence-corrected chi connectivity index (χ2v) is 5.23. The van der Waals surface area contributed by atoms with Crippen LogP contribution in [0, 0.1) is 5.82 Å². The molecule has 0 aliphatic rings. The molecule has 1 unspecified atom stereocenters. The topological polar surface area (TPSA) is 81.8 Å². The van der Waals surface area contributed by atoms with E-state index in [4.69, 9.17) is 20.3 Å². The number of aromatic hydroxyl groups is 1. The predicted octanol–water partition coefficient (Wildman–Crippen LogP) is 3.05. The van der Waals surface area contributed by atoms with E-state index >= 15 is 0 Å². The van der Waals surface area contributed by atoms with Crippen LogP contribution in [-0.4, -0.2) is 30.3 Å². The van der Waals surface area contributed by atoms with E-state index in [9.17, 15) is 9.18 Å². The molecule has 6 heteroatoms. The number of carbonyl (C=O) groups is 1. The Kier molecular flexibility index (Phi) is 9.03. The number of phenolic OH excluding ortho intramolecular Hbond substituents is 1. The molecule has 0 saturated carbocycles. The van der Waals surface area contributed by atoms with Gasteiger partial charge >= 0.3 is 5.97 Å². The molecule has 1 atom stereocenters. The van der Waals surface area contributed by atoms with Gasteiger partial charge in [-0.3, -0.25) is 4.79 Å². The fourth-order valence-corrected chi connectivity index (χ4v) is 2.04. The summed E-state index contributed by atoms with van der Waals surface area (Å²) in [6, 6.07) is 13.0. The number of para-hydroxylation sites is 1. The van der Waals surface area contributed by atoms with Crippen molar-refractivity contribution in [3.63, 3.8) is 0 Å². The molecule has 0 fully saturated rings. The highest BCUT2D eigenvalue weighted by atomic mass is 19.1. The first kappa shape index (κ1) is 20.4. The van der Waals surface area contributed by atoms with Gasteiger partial charge in [0.2, 0.25) is 0 Å². The number of esters is 1. The smallest absolute Gasteiger partial charge is 0.319 e. The van der Waals surface area contributed by atoms with Crippen LogP contribution in [-0.2, 0) is 16.0 Å². The van der Waals surface area contributed by atoms with Crippen LogP contribution in [0.5, 0.6) is 11.5 Å². The predicted molar refractivity (Wildman–Crippen MR) is 94.0 cm³/mol. The van der Waals surface area contributed by atoms with Crippen LogP contribution < -0.4 is 10.5 Å². The summed E-state index contributed by atoms with van der Waals surface area (Å²) in [5.41, 5.74) is 5.96. The lowest BCUT2D eigenvalue weighted by molar-refractivity contribution is -0.146. The summed E-state index contributed by atoms with van der Waals surface area (Å²) in [6.45, 7) is 3.89. The number of halogens is 1. The first-order valence-electron chi connectivity index (χ1n) is 8.01. The molecule has 0 bridgehead atoms. The maximum absolute atomic E-state index is 13.1. The van der Waals surface area contributed by atoms with Crippen molar-refractivity contribution in [3.05, 3.63) is 59.9 Å². The molecule has 136 valence electrons. The van der Waals surface area contributed by atoms with E-state index in [1.807, 2.05) is 13.0 Å². The molecule has 0 aromatic heterocycles. The number of hydrogen-bond donors (Lipinski definition) is 2. The van der Waals surface area contributed by atoms with Crippen molar-refractivity contribution in [2.24, 2.45) is 5.73 Å². The highest BCUT2D eigenvalue weighted by Crippen LogP contribution is 2.22. The minimum absolute atomic E-state index is 0.147. The van der Waals surface area contributed by atoms with Crippen LogP contribution in [0.3, 0.4) is 0 Å². The van der Waals surface area contributed by atoms with E-state index in [1.165, 1.54) is 12.1 Å². The minimum Gasteiger partial charge on any atom is -0.508 e. The first-order valence-corrected chi connectivity index (χ1v) is 8.01. The molecule has 0 aliphatic heterocycles. The number of carbonyl (C=O) groups excluding carboxylic acids is 1. The molecule has 25 heavy (non-hydrogen) atoms. The number of benzene rings is 2. The van der Waals surface area contributed by atoms with Gasteiger partial charge in [0.25, 0.3) is 0 Å². The highest BCUT2D eigenvalue weighted by Gasteiger charge is 2.12. The fourth-order valence-electron chi connectivity index (χ4n) is 2.04. The third kappa shape index (κ3) is 8.17. The number of phenols is 1. The van der Waals surface area contributed by atoms with Crippen molar-refractivity contribution >= 4 is 5.97 Å². The van der Waals surface area contributed by atoms with E-state index < -0.39 is 5.97 Å². The van der Waals surface area contributed by atoms with Crippen molar-refractivity contribution in [1.82, 2.24) is 0 Å². The van der Waals surface area contributed by atoms with E-state index in [-0.39, 0.29) is 18.5 Å². The average molecular weight is 349 g/mol. The van der Waals surface area contributed by atoms with Crippen molar-refractivity contribution in [2.75, 3.05) is 13.2 Å². The van der Waals surface area contributed by atoms with Crippen LogP contribution in [0.15, 0.2) is 48.5 Å². The Morgan fingerprint density at radius 3 is 2.44 bits per heavy atom.